The predicted octanol–water partition coefficient (Wildman–Crippen LogP) is 2.19. The zero-order valence-corrected chi connectivity index (χ0v) is 9.45. The molecule has 0 aliphatic carbocycles. The molecule has 1 amide bonds. The molecule has 7 heteroatoms. The molecule has 1 aromatic carbocycles. The van der Waals surface area contributed by atoms with Gasteiger partial charge >= 0.3 is 0 Å². The Morgan fingerprint density at radius 1 is 1.61 bits per heavy atom. The minimum absolute atomic E-state index is 0.0587. The number of carbonyl (C=O) groups excluding carboxylic acids is 1. The number of aromatic hydroxyl groups is 1. The van der Waals surface area contributed by atoms with E-state index >= 15 is 0 Å². The second-order valence-electron chi connectivity index (χ2n) is 4.12. The normalized spacial score (nSPS) is 18.8. The highest BCUT2D eigenvalue weighted by molar-refractivity contribution is 5.96. The summed E-state index contributed by atoms with van der Waals surface area (Å²) >= 11 is 0. The lowest BCUT2D eigenvalue weighted by Crippen LogP contribution is -2.25. The van der Waals surface area contributed by atoms with Gasteiger partial charge in [0, 0.05) is 30.5 Å². The number of benzene rings is 1. The van der Waals surface area contributed by atoms with Gasteiger partial charge in [-0.25, -0.2) is 4.39 Å². The third-order valence-electron chi connectivity index (χ3n) is 2.83. The SMILES string of the molecule is [N-]=[N+]=NCC1CC(=O)N(c2cc(O)ccc2F)C1. The molecular weight excluding hydrogens is 239 g/mol. The molecule has 0 bridgehead atoms. The van der Waals surface area contributed by atoms with Crippen molar-refractivity contribution >= 4 is 11.6 Å². The molecule has 0 radical (unpaired) electrons. The lowest BCUT2D eigenvalue weighted by Gasteiger charge is -2.17. The van der Waals surface area contributed by atoms with E-state index in [2.05, 4.69) is 10.0 Å². The number of halogens is 1. The standard InChI is InChI=1S/C11H11FN4O2/c12-9-2-1-8(17)4-10(9)16-6-7(3-11(16)18)5-14-15-13/h1-2,4,7,17H,3,5-6H2. The van der Waals surface area contributed by atoms with Gasteiger partial charge in [0.1, 0.15) is 11.6 Å². The van der Waals surface area contributed by atoms with Crippen molar-refractivity contribution in [2.75, 3.05) is 18.0 Å². The molecule has 1 aliphatic rings. The molecule has 1 aromatic rings. The Morgan fingerprint density at radius 3 is 3.11 bits per heavy atom. The molecule has 1 fully saturated rings. The molecule has 94 valence electrons. The summed E-state index contributed by atoms with van der Waals surface area (Å²) in [7, 11) is 0. The minimum atomic E-state index is -0.564. The molecule has 1 aliphatic heterocycles. The zero-order chi connectivity index (χ0) is 13.1. The fourth-order valence-corrected chi connectivity index (χ4v) is 2.00. The van der Waals surface area contributed by atoms with Crippen LogP contribution in [0.25, 0.3) is 10.4 Å². The molecule has 1 heterocycles. The van der Waals surface area contributed by atoms with Crippen molar-refractivity contribution in [1.29, 1.82) is 0 Å². The monoisotopic (exact) mass is 250 g/mol. The first-order valence-corrected chi connectivity index (χ1v) is 5.41. The number of amides is 1. The van der Waals surface area contributed by atoms with Crippen LogP contribution < -0.4 is 4.90 Å². The number of carbonyl (C=O) groups is 1. The number of phenols is 1. The highest BCUT2D eigenvalue weighted by Gasteiger charge is 2.31. The lowest BCUT2D eigenvalue weighted by atomic mass is 10.1. The molecule has 1 atom stereocenters. The van der Waals surface area contributed by atoms with Crippen LogP contribution in [0.3, 0.4) is 0 Å². The first-order chi connectivity index (χ1) is 8.61. The van der Waals surface area contributed by atoms with E-state index in [1.165, 1.54) is 17.0 Å². The van der Waals surface area contributed by atoms with Gasteiger partial charge in [-0.1, -0.05) is 5.11 Å². The van der Waals surface area contributed by atoms with E-state index in [0.29, 0.717) is 0 Å². The highest BCUT2D eigenvalue weighted by atomic mass is 19.1. The second kappa shape index (κ2) is 4.93. The van der Waals surface area contributed by atoms with Crippen molar-refractivity contribution < 1.29 is 14.3 Å². The maximum absolute atomic E-state index is 13.6. The van der Waals surface area contributed by atoms with Gasteiger partial charge in [-0.3, -0.25) is 4.79 Å². The highest BCUT2D eigenvalue weighted by Crippen LogP contribution is 2.30. The Kier molecular flexibility index (Phi) is 3.34. The van der Waals surface area contributed by atoms with Crippen LogP contribution in [-0.2, 0) is 4.79 Å². The van der Waals surface area contributed by atoms with Crippen LogP contribution in [0.4, 0.5) is 10.1 Å². The van der Waals surface area contributed by atoms with E-state index in [1.807, 2.05) is 0 Å². The topological polar surface area (TPSA) is 89.3 Å². The summed E-state index contributed by atoms with van der Waals surface area (Å²) in [5.74, 6) is -1.02. The summed E-state index contributed by atoms with van der Waals surface area (Å²) in [6, 6.07) is 3.54. The average molecular weight is 250 g/mol. The molecule has 2 rings (SSSR count). The third-order valence-corrected chi connectivity index (χ3v) is 2.83. The molecule has 1 saturated heterocycles. The maximum Gasteiger partial charge on any atom is 0.227 e. The number of hydrogen-bond acceptors (Lipinski definition) is 3. The van der Waals surface area contributed by atoms with Gasteiger partial charge in [0.05, 0.1) is 5.69 Å². The summed E-state index contributed by atoms with van der Waals surface area (Å²) in [5, 5.41) is 12.7. The van der Waals surface area contributed by atoms with Gasteiger partial charge in [-0.2, -0.15) is 0 Å². The van der Waals surface area contributed by atoms with Crippen molar-refractivity contribution in [2.24, 2.45) is 11.0 Å². The van der Waals surface area contributed by atoms with Crippen LogP contribution in [-0.4, -0.2) is 24.1 Å². The van der Waals surface area contributed by atoms with Crippen LogP contribution >= 0.6 is 0 Å². The van der Waals surface area contributed by atoms with E-state index in [9.17, 15) is 14.3 Å². The van der Waals surface area contributed by atoms with Crippen LogP contribution in [0.2, 0.25) is 0 Å². The van der Waals surface area contributed by atoms with Gasteiger partial charge in [-0.15, -0.1) is 0 Å². The van der Waals surface area contributed by atoms with Crippen molar-refractivity contribution in [3.8, 4) is 5.75 Å². The number of phenolic OH excluding ortho intramolecular Hbond substituents is 1. The Hall–Kier alpha value is -2.27. The molecule has 0 spiro atoms. The molecule has 6 nitrogen and oxygen atoms in total. The third kappa shape index (κ3) is 2.36. The smallest absolute Gasteiger partial charge is 0.227 e. The zero-order valence-electron chi connectivity index (χ0n) is 9.45. The number of rotatable bonds is 3. The van der Waals surface area contributed by atoms with E-state index in [1.54, 1.807) is 0 Å². The molecule has 0 saturated carbocycles. The van der Waals surface area contributed by atoms with Crippen LogP contribution in [0.1, 0.15) is 6.42 Å². The summed E-state index contributed by atoms with van der Waals surface area (Å²) in [4.78, 5) is 15.7. The Labute approximate surface area is 102 Å². The largest absolute Gasteiger partial charge is 0.508 e. The van der Waals surface area contributed by atoms with E-state index in [-0.39, 0.29) is 42.8 Å². The van der Waals surface area contributed by atoms with Crippen molar-refractivity contribution in [3.05, 3.63) is 34.5 Å². The molecular formula is C11H11FN4O2. The summed E-state index contributed by atoms with van der Waals surface area (Å²) in [6.45, 7) is 0.497. The molecule has 1 N–H and O–H groups in total. The minimum Gasteiger partial charge on any atom is -0.508 e. The summed E-state index contributed by atoms with van der Waals surface area (Å²) < 4.78 is 13.6. The van der Waals surface area contributed by atoms with Gasteiger partial charge in [0.2, 0.25) is 5.91 Å². The first kappa shape index (κ1) is 12.2. The van der Waals surface area contributed by atoms with Crippen LogP contribution in [0, 0.1) is 11.7 Å². The average Bonchev–Trinajstić information content (AvgIpc) is 2.71. The van der Waals surface area contributed by atoms with Crippen molar-refractivity contribution in [2.45, 2.75) is 6.42 Å². The number of hydrogen-bond donors (Lipinski definition) is 1. The van der Waals surface area contributed by atoms with E-state index in [4.69, 9.17) is 5.53 Å². The Balaban J connectivity index is 2.21. The van der Waals surface area contributed by atoms with Gasteiger partial charge < -0.3 is 10.0 Å². The fraction of sp³-hybridized carbons (Fsp3) is 0.364. The molecule has 0 aromatic heterocycles. The van der Waals surface area contributed by atoms with E-state index < -0.39 is 5.82 Å². The van der Waals surface area contributed by atoms with Crippen LogP contribution in [0.15, 0.2) is 23.3 Å². The molecule has 18 heavy (non-hydrogen) atoms. The second-order valence-corrected chi connectivity index (χ2v) is 4.12. The van der Waals surface area contributed by atoms with E-state index in [0.717, 1.165) is 6.07 Å². The number of nitrogens with zero attached hydrogens (tertiary/aromatic N) is 4. The fourth-order valence-electron chi connectivity index (χ4n) is 2.00. The van der Waals surface area contributed by atoms with Gasteiger partial charge in [-0.05, 0) is 23.6 Å². The predicted molar refractivity (Wildman–Crippen MR) is 62.5 cm³/mol. The Morgan fingerprint density at radius 2 is 2.39 bits per heavy atom. The quantitative estimate of drug-likeness (QED) is 0.506. The van der Waals surface area contributed by atoms with Gasteiger partial charge in [0.25, 0.3) is 0 Å². The Bertz CT molecular complexity index is 528. The van der Waals surface area contributed by atoms with Crippen molar-refractivity contribution in [1.82, 2.24) is 0 Å². The van der Waals surface area contributed by atoms with Crippen molar-refractivity contribution in [3.63, 3.8) is 0 Å². The lowest BCUT2D eigenvalue weighted by molar-refractivity contribution is -0.117. The molecule has 1 unspecified atom stereocenters. The summed E-state index contributed by atoms with van der Waals surface area (Å²) in [6.07, 6.45) is 0.216. The first-order valence-electron chi connectivity index (χ1n) is 5.41. The summed E-state index contributed by atoms with van der Waals surface area (Å²) in [5.41, 5.74) is 8.28. The number of azide groups is 1. The van der Waals surface area contributed by atoms with Gasteiger partial charge in [0.15, 0.2) is 0 Å². The van der Waals surface area contributed by atoms with Crippen LogP contribution in [0.5, 0.6) is 5.75 Å². The maximum atomic E-state index is 13.6. The number of anilines is 1.